The fourth-order valence-corrected chi connectivity index (χ4v) is 6.37. The summed E-state index contributed by atoms with van der Waals surface area (Å²) in [6.07, 6.45) is 3.59. The van der Waals surface area contributed by atoms with Crippen LogP contribution in [0.2, 0.25) is 0 Å². The van der Waals surface area contributed by atoms with E-state index in [2.05, 4.69) is 57.0 Å². The van der Waals surface area contributed by atoms with Crippen molar-refractivity contribution in [1.29, 1.82) is 0 Å². The Hall–Kier alpha value is -3.75. The maximum absolute atomic E-state index is 11.8. The van der Waals surface area contributed by atoms with Crippen LogP contribution in [-0.4, -0.2) is 47.9 Å². The maximum Gasteiger partial charge on any atom is 0.290 e. The van der Waals surface area contributed by atoms with Gasteiger partial charge in [0.2, 0.25) is 0 Å². The first-order valence-corrected chi connectivity index (χ1v) is 15.7. The van der Waals surface area contributed by atoms with Gasteiger partial charge < -0.3 is 14.2 Å². The van der Waals surface area contributed by atoms with Gasteiger partial charge in [-0.2, -0.15) is 0 Å². The van der Waals surface area contributed by atoms with Crippen LogP contribution in [0.1, 0.15) is 53.6 Å². The molecule has 0 aromatic heterocycles. The van der Waals surface area contributed by atoms with Gasteiger partial charge >= 0.3 is 0 Å². The third-order valence-electron chi connectivity index (χ3n) is 8.29. The Morgan fingerprint density at radius 1 is 1.00 bits per heavy atom. The van der Waals surface area contributed by atoms with Crippen molar-refractivity contribution in [2.45, 2.75) is 59.7 Å². The second-order valence-electron chi connectivity index (χ2n) is 11.5. The van der Waals surface area contributed by atoms with Crippen LogP contribution in [0.25, 0.3) is 6.08 Å². The minimum Gasteiger partial charge on any atom is -0.492 e. The number of fused-ring (bicyclic) bond motifs is 1. The largest absolute Gasteiger partial charge is 0.492 e. The summed E-state index contributed by atoms with van der Waals surface area (Å²) < 4.78 is 19.2. The number of benzene rings is 3. The Morgan fingerprint density at radius 3 is 2.42 bits per heavy atom. The fraction of sp³-hybridized carbons (Fsp3) is 0.371. The van der Waals surface area contributed by atoms with Crippen LogP contribution < -0.4 is 19.5 Å². The van der Waals surface area contributed by atoms with Crippen molar-refractivity contribution in [3.63, 3.8) is 0 Å². The molecule has 0 spiro atoms. The van der Waals surface area contributed by atoms with Crippen molar-refractivity contribution in [1.82, 2.24) is 10.2 Å². The maximum atomic E-state index is 11.8. The normalized spacial score (nSPS) is 18.9. The molecule has 1 atom stereocenters. The number of amides is 2. The smallest absolute Gasteiger partial charge is 0.290 e. The molecule has 1 saturated heterocycles. The molecule has 3 aromatic carbocycles. The minimum atomic E-state index is -0.354. The van der Waals surface area contributed by atoms with E-state index in [1.807, 2.05) is 42.5 Å². The van der Waals surface area contributed by atoms with Crippen LogP contribution in [0.15, 0.2) is 59.5 Å². The van der Waals surface area contributed by atoms with Crippen LogP contribution >= 0.6 is 11.8 Å². The van der Waals surface area contributed by atoms with Crippen molar-refractivity contribution in [3.05, 3.63) is 92.9 Å². The molecule has 1 unspecified atom stereocenters. The highest BCUT2D eigenvalue weighted by Gasteiger charge is 2.36. The molecule has 7 nitrogen and oxygen atoms in total. The van der Waals surface area contributed by atoms with Gasteiger partial charge in [-0.3, -0.25) is 19.8 Å². The van der Waals surface area contributed by atoms with E-state index in [0.717, 1.165) is 83.7 Å². The number of carbonyl (C=O) groups excluding carboxylic acids is 2. The third kappa shape index (κ3) is 7.25. The van der Waals surface area contributed by atoms with Gasteiger partial charge in [-0.15, -0.1) is 0 Å². The van der Waals surface area contributed by atoms with Gasteiger partial charge in [-0.25, -0.2) is 0 Å². The molecular formula is C35H40N2O5S. The van der Waals surface area contributed by atoms with E-state index >= 15 is 0 Å². The van der Waals surface area contributed by atoms with Crippen molar-refractivity contribution < 1.29 is 23.8 Å². The van der Waals surface area contributed by atoms with Crippen LogP contribution in [0, 0.1) is 20.8 Å². The summed E-state index contributed by atoms with van der Waals surface area (Å²) in [5, 5.41) is 1.93. The molecule has 0 bridgehead atoms. The minimum absolute atomic E-state index is 0.305. The van der Waals surface area contributed by atoms with E-state index in [1.54, 1.807) is 6.08 Å². The number of imide groups is 1. The Bertz CT molecular complexity index is 1520. The number of thioether (sulfide) groups is 1. The van der Waals surface area contributed by atoms with E-state index in [1.165, 1.54) is 11.1 Å². The summed E-state index contributed by atoms with van der Waals surface area (Å²) in [6, 6.07) is 17.8. The Kier molecular flexibility index (Phi) is 9.47. The molecule has 0 radical (unpaired) electrons. The molecule has 226 valence electrons. The van der Waals surface area contributed by atoms with Gasteiger partial charge in [0.15, 0.2) is 0 Å². The Labute approximate surface area is 258 Å². The lowest BCUT2D eigenvalue weighted by molar-refractivity contribution is -0.115. The number of nitrogens with one attached hydrogen (secondary N) is 1. The molecular weight excluding hydrogens is 560 g/mol. The van der Waals surface area contributed by atoms with E-state index < -0.39 is 0 Å². The van der Waals surface area contributed by atoms with Crippen molar-refractivity contribution in [2.75, 3.05) is 26.2 Å². The van der Waals surface area contributed by atoms with Gasteiger partial charge in [0, 0.05) is 18.7 Å². The highest BCUT2D eigenvalue weighted by atomic mass is 32.2. The quantitative estimate of drug-likeness (QED) is 0.238. The van der Waals surface area contributed by atoms with E-state index in [4.69, 9.17) is 14.2 Å². The number of hydrogen-bond donors (Lipinski definition) is 1. The van der Waals surface area contributed by atoms with Crippen LogP contribution in [0.3, 0.4) is 0 Å². The molecule has 2 aliphatic heterocycles. The lowest BCUT2D eigenvalue weighted by Crippen LogP contribution is -2.48. The van der Waals surface area contributed by atoms with Crippen LogP contribution in [0.4, 0.5) is 4.79 Å². The molecule has 43 heavy (non-hydrogen) atoms. The molecule has 2 aliphatic rings. The third-order valence-corrected chi connectivity index (χ3v) is 9.10. The number of rotatable bonds is 11. The van der Waals surface area contributed by atoms with Crippen molar-refractivity contribution >= 4 is 29.0 Å². The number of ether oxygens (including phenoxy) is 3. The monoisotopic (exact) mass is 600 g/mol. The number of nitrogens with zero attached hydrogens (tertiary/aromatic N) is 1. The lowest BCUT2D eigenvalue weighted by atomic mass is 9.86. The second-order valence-corrected chi connectivity index (χ2v) is 12.5. The molecule has 1 fully saturated rings. The highest BCUT2D eigenvalue weighted by Crippen LogP contribution is 2.44. The van der Waals surface area contributed by atoms with Crippen molar-refractivity contribution in [3.8, 4) is 17.2 Å². The van der Waals surface area contributed by atoms with Crippen LogP contribution in [0.5, 0.6) is 17.2 Å². The number of carbonyl (C=O) groups is 2. The average Bonchev–Trinajstić information content (AvgIpc) is 3.32. The fourth-order valence-electron chi connectivity index (χ4n) is 5.69. The van der Waals surface area contributed by atoms with Gasteiger partial charge in [-0.1, -0.05) is 49.4 Å². The summed E-state index contributed by atoms with van der Waals surface area (Å²) in [5.41, 5.74) is 6.42. The molecule has 2 amide bonds. The summed E-state index contributed by atoms with van der Waals surface area (Å²) >= 11 is 0.915. The Balaban J connectivity index is 1.17. The highest BCUT2D eigenvalue weighted by molar-refractivity contribution is 8.18. The van der Waals surface area contributed by atoms with Crippen molar-refractivity contribution in [2.24, 2.45) is 0 Å². The first-order valence-electron chi connectivity index (χ1n) is 14.8. The SMILES string of the molecule is CCN(CCOc1ccc(C=C2SC(=O)NC2=O)cc1)CC1(C)CCc2c(C)c(OCc3ccccc3)c(C)c(C)c2O1. The van der Waals surface area contributed by atoms with Gasteiger partial charge in [-0.05, 0) is 105 Å². The molecule has 0 saturated carbocycles. The summed E-state index contributed by atoms with van der Waals surface area (Å²) in [5.74, 6) is 2.39. The molecule has 8 heteroatoms. The summed E-state index contributed by atoms with van der Waals surface area (Å²) in [4.78, 5) is 25.9. The predicted molar refractivity (Wildman–Crippen MR) is 172 cm³/mol. The van der Waals surface area contributed by atoms with E-state index in [-0.39, 0.29) is 16.7 Å². The predicted octanol–water partition coefficient (Wildman–Crippen LogP) is 7.00. The summed E-state index contributed by atoms with van der Waals surface area (Å²) in [7, 11) is 0. The first-order chi connectivity index (χ1) is 20.7. The molecule has 5 rings (SSSR count). The molecule has 0 aliphatic carbocycles. The first kappa shape index (κ1) is 30.7. The van der Waals surface area contributed by atoms with Gasteiger partial charge in [0.25, 0.3) is 11.1 Å². The van der Waals surface area contributed by atoms with E-state index in [0.29, 0.717) is 18.1 Å². The van der Waals surface area contributed by atoms with Gasteiger partial charge in [0.1, 0.15) is 36.1 Å². The Morgan fingerprint density at radius 2 is 1.74 bits per heavy atom. The zero-order chi connectivity index (χ0) is 30.6. The number of hydrogen-bond acceptors (Lipinski definition) is 7. The van der Waals surface area contributed by atoms with Gasteiger partial charge in [0.05, 0.1) is 4.91 Å². The standard InChI is InChI=1S/C35H40N2O5S/c1-6-37(18-19-40-28-14-12-26(13-15-28)20-30-33(38)36-34(39)43-30)22-35(5)17-16-29-25(4)31(23(2)24(3)32(29)42-35)41-21-27-10-8-7-9-11-27/h7-15,20H,6,16-19,21-22H2,1-5H3,(H,36,38,39). The topological polar surface area (TPSA) is 77.1 Å². The molecule has 2 heterocycles. The second kappa shape index (κ2) is 13.3. The molecule has 3 aromatic rings. The lowest BCUT2D eigenvalue weighted by Gasteiger charge is -2.41. The zero-order valence-corrected chi connectivity index (χ0v) is 26.4. The van der Waals surface area contributed by atoms with Crippen LogP contribution in [-0.2, 0) is 17.8 Å². The number of likely N-dealkylation sites (N-methyl/N-ethyl adjacent to an activating group) is 1. The zero-order valence-electron chi connectivity index (χ0n) is 25.6. The average molecular weight is 601 g/mol. The van der Waals surface area contributed by atoms with E-state index in [9.17, 15) is 9.59 Å². The molecule has 1 N–H and O–H groups in total. The summed E-state index contributed by atoms with van der Waals surface area (Å²) in [6.45, 7) is 14.4.